The molecule has 1 heterocycles. The highest BCUT2D eigenvalue weighted by Crippen LogP contribution is 2.77. The maximum absolute atomic E-state index is 13.5. The summed E-state index contributed by atoms with van der Waals surface area (Å²) in [7, 11) is 0. The molecule has 6 rings (SSSR count). The van der Waals surface area contributed by atoms with Crippen LogP contribution in [0.3, 0.4) is 0 Å². The number of carbonyl (C=O) groups excluding carboxylic acids is 2. The SMILES string of the molecule is C[C@]12C(=O)N(c3cccc4ccccc34)C(=O)[C@H]1[C@H]1C=C[C@H]2C12CC2. The molecule has 2 saturated carbocycles. The van der Waals surface area contributed by atoms with E-state index in [1.54, 1.807) is 0 Å². The minimum Gasteiger partial charge on any atom is -0.274 e. The van der Waals surface area contributed by atoms with Crippen molar-refractivity contribution in [1.82, 2.24) is 0 Å². The largest absolute Gasteiger partial charge is 0.274 e. The van der Waals surface area contributed by atoms with Gasteiger partial charge in [-0.2, -0.15) is 0 Å². The maximum atomic E-state index is 13.5. The molecule has 2 aromatic carbocycles. The smallest absolute Gasteiger partial charge is 0.241 e. The van der Waals surface area contributed by atoms with Crippen molar-refractivity contribution in [3.63, 3.8) is 0 Å². The van der Waals surface area contributed by atoms with Crippen molar-refractivity contribution in [2.45, 2.75) is 19.8 Å². The third-order valence-corrected chi connectivity index (χ3v) is 7.43. The molecule has 1 saturated heterocycles. The van der Waals surface area contributed by atoms with Gasteiger partial charge in [0, 0.05) is 5.39 Å². The Morgan fingerprint density at radius 1 is 1.00 bits per heavy atom. The number of imide groups is 1. The molecule has 4 atom stereocenters. The molecule has 0 unspecified atom stereocenters. The molecule has 3 nitrogen and oxygen atoms in total. The summed E-state index contributed by atoms with van der Waals surface area (Å²) in [5.74, 6) is 0.302. The molecule has 1 spiro atoms. The fourth-order valence-electron chi connectivity index (χ4n) is 6.20. The Morgan fingerprint density at radius 3 is 2.52 bits per heavy atom. The highest BCUT2D eigenvalue weighted by molar-refractivity contribution is 6.27. The van der Waals surface area contributed by atoms with Crippen LogP contribution in [0.1, 0.15) is 19.8 Å². The summed E-state index contributed by atoms with van der Waals surface area (Å²) in [5, 5.41) is 2.03. The second kappa shape index (κ2) is 4.04. The first-order valence-electron chi connectivity index (χ1n) is 9.13. The fourth-order valence-corrected chi connectivity index (χ4v) is 6.20. The van der Waals surface area contributed by atoms with Gasteiger partial charge in [-0.05, 0) is 48.5 Å². The Morgan fingerprint density at radius 2 is 1.76 bits per heavy atom. The molecule has 3 aliphatic carbocycles. The van der Waals surface area contributed by atoms with E-state index in [1.807, 2.05) is 49.4 Å². The van der Waals surface area contributed by atoms with Crippen LogP contribution in [0.2, 0.25) is 0 Å². The molecule has 0 radical (unpaired) electrons. The summed E-state index contributed by atoms with van der Waals surface area (Å²) in [6.07, 6.45) is 6.78. The van der Waals surface area contributed by atoms with E-state index in [1.165, 1.54) is 4.90 Å². The van der Waals surface area contributed by atoms with Crippen LogP contribution in [0.15, 0.2) is 54.6 Å². The van der Waals surface area contributed by atoms with Crippen LogP contribution in [-0.4, -0.2) is 11.8 Å². The molecule has 3 fully saturated rings. The van der Waals surface area contributed by atoms with Gasteiger partial charge in [0.05, 0.1) is 17.0 Å². The first kappa shape index (κ1) is 13.8. The van der Waals surface area contributed by atoms with Crippen molar-refractivity contribution < 1.29 is 9.59 Å². The Kier molecular flexibility index (Phi) is 2.23. The minimum absolute atomic E-state index is 0.00183. The summed E-state index contributed by atoms with van der Waals surface area (Å²) in [6, 6.07) is 13.8. The molecular weight excluding hydrogens is 310 g/mol. The van der Waals surface area contributed by atoms with E-state index < -0.39 is 5.41 Å². The Hall–Kier alpha value is -2.42. The molecule has 3 heteroatoms. The number of nitrogens with zero attached hydrogens (tertiary/aromatic N) is 1. The first-order valence-corrected chi connectivity index (χ1v) is 9.13. The predicted octanol–water partition coefficient (Wildman–Crippen LogP) is 3.93. The molecular formula is C22H19NO2. The third kappa shape index (κ3) is 1.34. The quantitative estimate of drug-likeness (QED) is 0.587. The Balaban J connectivity index is 1.54. The lowest BCUT2D eigenvalue weighted by Crippen LogP contribution is -2.39. The van der Waals surface area contributed by atoms with Gasteiger partial charge in [0.25, 0.3) is 0 Å². The van der Waals surface area contributed by atoms with E-state index in [0.717, 1.165) is 29.3 Å². The fraction of sp³-hybridized carbons (Fsp3) is 0.364. The minimum atomic E-state index is -0.566. The molecule has 25 heavy (non-hydrogen) atoms. The molecule has 4 aliphatic rings. The van der Waals surface area contributed by atoms with Gasteiger partial charge >= 0.3 is 0 Å². The van der Waals surface area contributed by atoms with Crippen molar-refractivity contribution in [3.05, 3.63) is 54.6 Å². The summed E-state index contributed by atoms with van der Waals surface area (Å²) in [6.45, 7) is 2.04. The number of benzene rings is 2. The van der Waals surface area contributed by atoms with Crippen molar-refractivity contribution in [2.75, 3.05) is 4.90 Å². The van der Waals surface area contributed by atoms with Crippen molar-refractivity contribution in [3.8, 4) is 0 Å². The highest BCUT2D eigenvalue weighted by atomic mass is 16.2. The van der Waals surface area contributed by atoms with Crippen molar-refractivity contribution in [2.24, 2.45) is 28.6 Å². The van der Waals surface area contributed by atoms with E-state index in [9.17, 15) is 9.59 Å². The summed E-state index contributed by atoms with van der Waals surface area (Å²) in [4.78, 5) is 28.5. The zero-order valence-corrected chi connectivity index (χ0v) is 14.1. The van der Waals surface area contributed by atoms with Gasteiger partial charge in [-0.1, -0.05) is 48.6 Å². The molecule has 2 amide bonds. The molecule has 2 aromatic rings. The van der Waals surface area contributed by atoms with Crippen LogP contribution in [0.25, 0.3) is 10.8 Å². The zero-order valence-electron chi connectivity index (χ0n) is 14.1. The van der Waals surface area contributed by atoms with E-state index in [0.29, 0.717) is 0 Å². The highest BCUT2D eigenvalue weighted by Gasteiger charge is 2.78. The van der Waals surface area contributed by atoms with Crippen LogP contribution >= 0.6 is 0 Å². The van der Waals surface area contributed by atoms with Gasteiger partial charge in [-0.25, -0.2) is 4.90 Å². The monoisotopic (exact) mass is 329 g/mol. The number of rotatable bonds is 1. The van der Waals surface area contributed by atoms with E-state index in [-0.39, 0.29) is 35.0 Å². The van der Waals surface area contributed by atoms with Crippen molar-refractivity contribution >= 4 is 28.3 Å². The number of anilines is 1. The summed E-state index contributed by atoms with van der Waals surface area (Å²) in [5.41, 5.74) is 0.396. The zero-order chi connectivity index (χ0) is 17.0. The van der Waals surface area contributed by atoms with Gasteiger partial charge in [0.2, 0.25) is 11.8 Å². The maximum Gasteiger partial charge on any atom is 0.241 e. The van der Waals surface area contributed by atoms with Gasteiger partial charge < -0.3 is 0 Å². The van der Waals surface area contributed by atoms with Crippen LogP contribution in [-0.2, 0) is 9.59 Å². The molecule has 0 N–H and O–H groups in total. The molecule has 2 bridgehead atoms. The van der Waals surface area contributed by atoms with Crippen LogP contribution in [0, 0.1) is 28.6 Å². The normalized spacial score (nSPS) is 36.7. The van der Waals surface area contributed by atoms with Gasteiger partial charge in [-0.3, -0.25) is 9.59 Å². The Labute approximate surface area is 146 Å². The number of carbonyl (C=O) groups is 2. The van der Waals surface area contributed by atoms with Crippen LogP contribution < -0.4 is 4.90 Å². The lowest BCUT2D eigenvalue weighted by atomic mass is 9.71. The predicted molar refractivity (Wildman–Crippen MR) is 95.8 cm³/mol. The van der Waals surface area contributed by atoms with Crippen molar-refractivity contribution in [1.29, 1.82) is 0 Å². The van der Waals surface area contributed by atoms with Gasteiger partial charge in [-0.15, -0.1) is 0 Å². The first-order chi connectivity index (χ1) is 12.1. The van der Waals surface area contributed by atoms with E-state index in [4.69, 9.17) is 0 Å². The number of hydrogen-bond donors (Lipinski definition) is 0. The third-order valence-electron chi connectivity index (χ3n) is 7.43. The standard InChI is InChI=1S/C22H19NO2/c1-21-17-10-9-15(22(17)11-12-22)18(21)19(24)23(20(21)25)16-8-4-6-13-5-2-3-7-14(13)16/h2-10,15,17-18H,11-12H2,1H3/t15-,17-,18-,21-/m1/s1. The average molecular weight is 329 g/mol. The van der Waals surface area contributed by atoms with Gasteiger partial charge in [0.15, 0.2) is 0 Å². The lowest BCUT2D eigenvalue weighted by Gasteiger charge is -2.29. The van der Waals surface area contributed by atoms with E-state index >= 15 is 0 Å². The summed E-state index contributed by atoms with van der Waals surface area (Å²) >= 11 is 0. The number of allylic oxidation sites excluding steroid dienone is 2. The topological polar surface area (TPSA) is 37.4 Å². The average Bonchev–Trinajstić information content (AvgIpc) is 3.24. The van der Waals surface area contributed by atoms with Gasteiger partial charge in [0.1, 0.15) is 0 Å². The number of amides is 2. The molecule has 1 aliphatic heterocycles. The Bertz CT molecular complexity index is 997. The number of fused-ring (bicyclic) bond motifs is 4. The summed E-state index contributed by atoms with van der Waals surface area (Å²) < 4.78 is 0. The molecule has 0 aromatic heterocycles. The lowest BCUT2D eigenvalue weighted by molar-refractivity contribution is -0.127. The van der Waals surface area contributed by atoms with Crippen LogP contribution in [0.4, 0.5) is 5.69 Å². The van der Waals surface area contributed by atoms with E-state index in [2.05, 4.69) is 12.2 Å². The second-order valence-electron chi connectivity index (χ2n) is 8.36. The molecule has 124 valence electrons. The second-order valence-corrected chi connectivity index (χ2v) is 8.36. The van der Waals surface area contributed by atoms with Crippen LogP contribution in [0.5, 0.6) is 0 Å². The number of hydrogen-bond acceptors (Lipinski definition) is 2.